The van der Waals surface area contributed by atoms with E-state index in [0.717, 1.165) is 17.4 Å². The highest BCUT2D eigenvalue weighted by Gasteiger charge is 2.21. The highest BCUT2D eigenvalue weighted by atomic mass is 32.2. The fraction of sp³-hybridized carbons (Fsp3) is 0.381. The van der Waals surface area contributed by atoms with Gasteiger partial charge in [0, 0.05) is 13.0 Å². The second-order valence-electron chi connectivity index (χ2n) is 6.76. The number of anilines is 1. The normalized spacial score (nSPS) is 12.3. The van der Waals surface area contributed by atoms with E-state index < -0.39 is 10.0 Å². The van der Waals surface area contributed by atoms with E-state index in [2.05, 4.69) is 5.32 Å². The number of amides is 1. The molecule has 6 nitrogen and oxygen atoms in total. The molecule has 0 radical (unpaired) electrons. The Morgan fingerprint density at radius 3 is 2.43 bits per heavy atom. The zero-order valence-electron chi connectivity index (χ0n) is 16.8. The molecule has 0 heterocycles. The minimum Gasteiger partial charge on any atom is -0.495 e. The number of nitrogens with zero attached hydrogens (tertiary/aromatic N) is 1. The summed E-state index contributed by atoms with van der Waals surface area (Å²) in [6.07, 6.45) is 1.79. The fourth-order valence-electron chi connectivity index (χ4n) is 3.15. The molecule has 0 saturated heterocycles. The van der Waals surface area contributed by atoms with Gasteiger partial charge in [0.15, 0.2) is 0 Å². The van der Waals surface area contributed by atoms with Gasteiger partial charge in [-0.05, 0) is 43.5 Å². The van der Waals surface area contributed by atoms with Crippen molar-refractivity contribution in [1.82, 2.24) is 5.32 Å². The third-order valence-electron chi connectivity index (χ3n) is 4.55. The van der Waals surface area contributed by atoms with Gasteiger partial charge in [0.2, 0.25) is 15.9 Å². The van der Waals surface area contributed by atoms with Gasteiger partial charge in [-0.2, -0.15) is 0 Å². The van der Waals surface area contributed by atoms with Crippen LogP contribution in [0.25, 0.3) is 0 Å². The largest absolute Gasteiger partial charge is 0.495 e. The Bertz CT molecular complexity index is 912. The molecule has 0 spiro atoms. The molecular formula is C21H28N2O4S. The number of hydrogen-bond donors (Lipinski definition) is 1. The van der Waals surface area contributed by atoms with Crippen LogP contribution in [0.5, 0.6) is 5.75 Å². The summed E-state index contributed by atoms with van der Waals surface area (Å²) in [6, 6.07) is 14.8. The van der Waals surface area contributed by atoms with Gasteiger partial charge in [0.25, 0.3) is 0 Å². The van der Waals surface area contributed by atoms with Crippen molar-refractivity contribution >= 4 is 21.6 Å². The molecule has 1 atom stereocenters. The highest BCUT2D eigenvalue weighted by Crippen LogP contribution is 2.29. The molecule has 0 aromatic heterocycles. The summed E-state index contributed by atoms with van der Waals surface area (Å²) in [7, 11) is -2.00. The smallest absolute Gasteiger partial charge is 0.232 e. The topological polar surface area (TPSA) is 75.7 Å². The zero-order chi connectivity index (χ0) is 20.7. The van der Waals surface area contributed by atoms with E-state index in [4.69, 9.17) is 4.74 Å². The average molecular weight is 405 g/mol. The maximum absolute atomic E-state index is 12.3. The molecule has 2 aromatic carbocycles. The lowest BCUT2D eigenvalue weighted by Crippen LogP contribution is -2.33. The van der Waals surface area contributed by atoms with Gasteiger partial charge < -0.3 is 10.1 Å². The number of hydrogen-bond acceptors (Lipinski definition) is 4. The van der Waals surface area contributed by atoms with Crippen molar-refractivity contribution in [1.29, 1.82) is 0 Å². The fourth-order valence-corrected chi connectivity index (χ4v) is 4.12. The second-order valence-corrected chi connectivity index (χ2v) is 8.66. The van der Waals surface area contributed by atoms with Crippen molar-refractivity contribution in [2.45, 2.75) is 32.7 Å². The number of rotatable bonds is 9. The van der Waals surface area contributed by atoms with Crippen LogP contribution in [0.2, 0.25) is 0 Å². The molecule has 0 saturated carbocycles. The number of ether oxygens (including phenoxy) is 1. The number of carbonyl (C=O) groups excluding carboxylic acids is 1. The number of para-hydroxylation sites is 2. The Kier molecular flexibility index (Phi) is 7.45. The van der Waals surface area contributed by atoms with Gasteiger partial charge in [-0.3, -0.25) is 9.10 Å². The van der Waals surface area contributed by atoms with E-state index in [-0.39, 0.29) is 24.9 Å². The average Bonchev–Trinajstić information content (AvgIpc) is 2.64. The molecule has 1 N–H and O–H groups in total. The van der Waals surface area contributed by atoms with Crippen LogP contribution in [0.15, 0.2) is 48.5 Å². The van der Waals surface area contributed by atoms with E-state index in [1.54, 1.807) is 24.3 Å². The number of methoxy groups -OCH3 is 1. The first-order chi connectivity index (χ1) is 13.2. The SMILES string of the molecule is COc1ccccc1N(CCCC(=O)N[C@@H](C)c1ccccc1C)S(C)(=O)=O. The van der Waals surface area contributed by atoms with E-state index in [1.807, 2.05) is 38.1 Å². The third-order valence-corrected chi connectivity index (χ3v) is 5.73. The third kappa shape index (κ3) is 5.73. The minimum absolute atomic E-state index is 0.103. The first-order valence-electron chi connectivity index (χ1n) is 9.19. The Morgan fingerprint density at radius 2 is 1.79 bits per heavy atom. The lowest BCUT2D eigenvalue weighted by molar-refractivity contribution is -0.121. The molecule has 1 amide bonds. The van der Waals surface area contributed by atoms with Crippen molar-refractivity contribution in [3.8, 4) is 5.75 Å². The molecule has 0 fully saturated rings. The molecule has 0 aliphatic carbocycles. The summed E-state index contributed by atoms with van der Waals surface area (Å²) in [5, 5.41) is 2.98. The Balaban J connectivity index is 1.99. The van der Waals surface area contributed by atoms with Crippen LogP contribution >= 0.6 is 0 Å². The number of aryl methyl sites for hydroxylation is 1. The summed E-state index contributed by atoms with van der Waals surface area (Å²) in [5.74, 6) is 0.370. The molecule has 2 aromatic rings. The van der Waals surface area contributed by atoms with Gasteiger partial charge >= 0.3 is 0 Å². The van der Waals surface area contributed by atoms with Crippen LogP contribution in [0.3, 0.4) is 0 Å². The molecule has 0 aliphatic rings. The van der Waals surface area contributed by atoms with Crippen LogP contribution in [-0.2, 0) is 14.8 Å². The molecule has 0 bridgehead atoms. The molecule has 0 aliphatic heterocycles. The van der Waals surface area contributed by atoms with Gasteiger partial charge in [-0.15, -0.1) is 0 Å². The quantitative estimate of drug-likeness (QED) is 0.695. The zero-order valence-corrected chi connectivity index (χ0v) is 17.6. The summed E-state index contributed by atoms with van der Waals surface area (Å²) < 4.78 is 31.0. The lowest BCUT2D eigenvalue weighted by atomic mass is 10.0. The van der Waals surface area contributed by atoms with Crippen LogP contribution in [-0.4, -0.2) is 34.2 Å². The van der Waals surface area contributed by atoms with Crippen LogP contribution in [0.4, 0.5) is 5.69 Å². The number of carbonyl (C=O) groups is 1. The summed E-state index contributed by atoms with van der Waals surface area (Å²) in [4.78, 5) is 12.3. The van der Waals surface area contributed by atoms with Crippen LogP contribution < -0.4 is 14.4 Å². The van der Waals surface area contributed by atoms with E-state index >= 15 is 0 Å². The van der Waals surface area contributed by atoms with Crippen molar-refractivity contribution in [3.63, 3.8) is 0 Å². The van der Waals surface area contributed by atoms with Gasteiger partial charge in [0.1, 0.15) is 5.75 Å². The summed E-state index contributed by atoms with van der Waals surface area (Å²) >= 11 is 0. The van der Waals surface area contributed by atoms with Crippen molar-refractivity contribution < 1.29 is 17.9 Å². The molecular weight excluding hydrogens is 376 g/mol. The maximum Gasteiger partial charge on any atom is 0.232 e. The van der Waals surface area contributed by atoms with E-state index in [1.165, 1.54) is 11.4 Å². The summed E-state index contributed by atoms with van der Waals surface area (Å²) in [5.41, 5.74) is 2.67. The molecule has 2 rings (SSSR count). The minimum atomic E-state index is -3.50. The molecule has 152 valence electrons. The number of sulfonamides is 1. The molecule has 0 unspecified atom stereocenters. The standard InChI is InChI=1S/C21H28N2O4S/c1-16-10-5-6-11-18(16)17(2)22-21(24)14-9-15-23(28(4,25)26)19-12-7-8-13-20(19)27-3/h5-8,10-13,17H,9,14-15H2,1-4H3,(H,22,24)/t17-/m0/s1. The van der Waals surface area contributed by atoms with Crippen LogP contribution in [0, 0.1) is 6.92 Å². The number of benzene rings is 2. The Hall–Kier alpha value is -2.54. The Labute approximate surface area is 167 Å². The lowest BCUT2D eigenvalue weighted by Gasteiger charge is -2.24. The highest BCUT2D eigenvalue weighted by molar-refractivity contribution is 7.92. The Morgan fingerprint density at radius 1 is 1.14 bits per heavy atom. The first-order valence-corrected chi connectivity index (χ1v) is 11.0. The van der Waals surface area contributed by atoms with Crippen molar-refractivity contribution in [3.05, 3.63) is 59.7 Å². The monoisotopic (exact) mass is 404 g/mol. The van der Waals surface area contributed by atoms with Gasteiger partial charge in [0.05, 0.1) is 25.1 Å². The van der Waals surface area contributed by atoms with Crippen LogP contribution in [0.1, 0.15) is 36.9 Å². The molecule has 7 heteroatoms. The summed E-state index contributed by atoms with van der Waals surface area (Å²) in [6.45, 7) is 4.15. The maximum atomic E-state index is 12.3. The van der Waals surface area contributed by atoms with Crippen molar-refractivity contribution in [2.24, 2.45) is 0 Å². The first kappa shape index (κ1) is 21.8. The predicted octanol–water partition coefficient (Wildman–Crippen LogP) is 3.43. The predicted molar refractivity (Wildman–Crippen MR) is 112 cm³/mol. The van der Waals surface area contributed by atoms with Gasteiger partial charge in [-0.1, -0.05) is 36.4 Å². The second kappa shape index (κ2) is 9.59. The molecule has 28 heavy (non-hydrogen) atoms. The van der Waals surface area contributed by atoms with Gasteiger partial charge in [-0.25, -0.2) is 8.42 Å². The van der Waals surface area contributed by atoms with E-state index in [9.17, 15) is 13.2 Å². The number of nitrogens with one attached hydrogen (secondary N) is 1. The van der Waals surface area contributed by atoms with Crippen molar-refractivity contribution in [2.75, 3.05) is 24.2 Å². The van der Waals surface area contributed by atoms with E-state index in [0.29, 0.717) is 17.9 Å².